The van der Waals surface area contributed by atoms with Gasteiger partial charge in [0, 0.05) is 33.8 Å². The Hall–Kier alpha value is -5.35. The van der Waals surface area contributed by atoms with Crippen molar-refractivity contribution < 1.29 is 0 Å². The van der Waals surface area contributed by atoms with E-state index in [4.69, 9.17) is 4.98 Å². The molecule has 0 saturated carbocycles. The van der Waals surface area contributed by atoms with E-state index in [0.717, 1.165) is 12.5 Å². The van der Waals surface area contributed by atoms with Crippen molar-refractivity contribution in [3.63, 3.8) is 0 Å². The van der Waals surface area contributed by atoms with Crippen molar-refractivity contribution in [2.45, 2.75) is 26.2 Å². The number of benzene rings is 5. The van der Waals surface area contributed by atoms with Crippen molar-refractivity contribution in [1.29, 1.82) is 0 Å². The first-order chi connectivity index (χ1) is 21.5. The van der Waals surface area contributed by atoms with Crippen LogP contribution in [0.4, 0.5) is 22.7 Å². The minimum absolute atomic E-state index is 0.232. The Morgan fingerprint density at radius 3 is 2.02 bits per heavy atom. The highest BCUT2D eigenvalue weighted by atomic mass is 15.4. The molecule has 0 N–H and O–H groups in total. The van der Waals surface area contributed by atoms with Crippen LogP contribution < -0.4 is 9.80 Å². The number of hydrogen-bond donors (Lipinski definition) is 0. The maximum atomic E-state index is 4.79. The van der Waals surface area contributed by atoms with Crippen LogP contribution in [0.15, 0.2) is 140 Å². The Kier molecular flexibility index (Phi) is 6.05. The summed E-state index contributed by atoms with van der Waals surface area (Å²) in [6.45, 7) is 7.56. The highest BCUT2D eigenvalue weighted by Gasteiger charge is 2.30. The molecule has 1 aliphatic heterocycles. The van der Waals surface area contributed by atoms with Gasteiger partial charge in [0.15, 0.2) is 0 Å². The molecule has 5 aromatic carbocycles. The topological polar surface area (TPSA) is 24.3 Å². The summed E-state index contributed by atoms with van der Waals surface area (Å²) in [4.78, 5) is 9.60. The summed E-state index contributed by atoms with van der Waals surface area (Å²) in [6, 6.07) is 48.2. The molecule has 0 fully saturated rings. The van der Waals surface area contributed by atoms with Crippen LogP contribution in [-0.2, 0) is 5.41 Å². The second kappa shape index (κ2) is 10.1. The third kappa shape index (κ3) is 4.17. The molecule has 0 amide bonds. The Morgan fingerprint density at radius 1 is 0.568 bits per heavy atom. The molecule has 1 aliphatic rings. The molecular weight excluding hydrogens is 536 g/mol. The lowest BCUT2D eigenvalue weighted by Gasteiger charge is -2.29. The van der Waals surface area contributed by atoms with Crippen LogP contribution in [0.5, 0.6) is 0 Å². The first-order valence-corrected chi connectivity index (χ1v) is 15.3. The van der Waals surface area contributed by atoms with Gasteiger partial charge in [0.1, 0.15) is 12.5 Å². The molecular formula is C40H34N4. The fraction of sp³-hybridized carbons (Fsp3) is 0.125. The molecule has 4 nitrogen and oxygen atoms in total. The monoisotopic (exact) mass is 570 g/mol. The Labute approximate surface area is 258 Å². The molecule has 3 heterocycles. The number of hydrogen-bond acceptors (Lipinski definition) is 3. The van der Waals surface area contributed by atoms with E-state index in [1.54, 1.807) is 0 Å². The molecule has 0 saturated heterocycles. The predicted molar refractivity (Wildman–Crippen MR) is 184 cm³/mol. The predicted octanol–water partition coefficient (Wildman–Crippen LogP) is 10.1. The fourth-order valence-electron chi connectivity index (χ4n) is 6.74. The zero-order chi connectivity index (χ0) is 29.8. The van der Waals surface area contributed by atoms with Gasteiger partial charge in [-0.1, -0.05) is 86.6 Å². The third-order valence-electron chi connectivity index (χ3n) is 9.22. The molecule has 2 aromatic heterocycles. The average Bonchev–Trinajstić information content (AvgIpc) is 3.61. The minimum atomic E-state index is -0.232. The SMILES string of the molecule is Cc1ccnc(-n2c3ccccc3c3ccc(C(C)(C)c4cccc(N5CN(c6ccccc6)c6ccccc65)c4)cc32)c1. The molecule has 0 bridgehead atoms. The molecule has 44 heavy (non-hydrogen) atoms. The summed E-state index contributed by atoms with van der Waals surface area (Å²) in [6.07, 6.45) is 1.90. The maximum absolute atomic E-state index is 4.79. The van der Waals surface area contributed by atoms with Crippen molar-refractivity contribution in [3.8, 4) is 5.82 Å². The molecule has 0 spiro atoms. The Morgan fingerprint density at radius 2 is 1.23 bits per heavy atom. The lowest BCUT2D eigenvalue weighted by molar-refractivity contribution is 0.641. The van der Waals surface area contributed by atoms with Crippen LogP contribution in [0.1, 0.15) is 30.5 Å². The second-order valence-electron chi connectivity index (χ2n) is 12.3. The van der Waals surface area contributed by atoms with Gasteiger partial charge in [-0.3, -0.25) is 4.57 Å². The number of aromatic nitrogens is 2. The number of anilines is 4. The van der Waals surface area contributed by atoms with Gasteiger partial charge in [-0.15, -0.1) is 0 Å². The standard InChI is InChI=1S/C40H34N4/c1-28-22-23-41-39(24-28)44-35-17-8-7-16-33(35)34-21-20-30(26-38(34)44)40(2,3)29-12-11-15-32(25-29)43-27-42(31-13-5-4-6-14-31)36-18-9-10-19-37(36)43/h4-26H,27H2,1-3H3. The summed E-state index contributed by atoms with van der Waals surface area (Å²) in [5.41, 5.74) is 10.7. The molecule has 8 rings (SSSR count). The number of nitrogens with zero attached hydrogens (tertiary/aromatic N) is 4. The van der Waals surface area contributed by atoms with Crippen molar-refractivity contribution >= 4 is 44.6 Å². The van der Waals surface area contributed by atoms with Crippen LogP contribution in [0, 0.1) is 6.92 Å². The van der Waals surface area contributed by atoms with Crippen molar-refractivity contribution in [2.24, 2.45) is 0 Å². The molecule has 0 atom stereocenters. The zero-order valence-electron chi connectivity index (χ0n) is 25.3. The summed E-state index contributed by atoms with van der Waals surface area (Å²) in [5, 5.41) is 2.49. The Balaban J connectivity index is 1.22. The highest BCUT2D eigenvalue weighted by Crippen LogP contribution is 2.45. The van der Waals surface area contributed by atoms with Gasteiger partial charge in [-0.05, 0) is 84.3 Å². The van der Waals surface area contributed by atoms with Gasteiger partial charge in [-0.2, -0.15) is 0 Å². The normalized spacial score (nSPS) is 13.2. The van der Waals surface area contributed by atoms with Gasteiger partial charge in [0.25, 0.3) is 0 Å². The smallest absolute Gasteiger partial charge is 0.137 e. The van der Waals surface area contributed by atoms with E-state index in [1.165, 1.54) is 61.2 Å². The molecule has 4 heteroatoms. The van der Waals surface area contributed by atoms with Crippen LogP contribution in [0.2, 0.25) is 0 Å². The van der Waals surface area contributed by atoms with Gasteiger partial charge >= 0.3 is 0 Å². The van der Waals surface area contributed by atoms with Gasteiger partial charge in [-0.25, -0.2) is 4.98 Å². The number of rotatable bonds is 5. The second-order valence-corrected chi connectivity index (χ2v) is 12.3. The minimum Gasteiger partial charge on any atom is -0.321 e. The summed E-state index contributed by atoms with van der Waals surface area (Å²) < 4.78 is 2.31. The average molecular weight is 571 g/mol. The number of para-hydroxylation sites is 4. The third-order valence-corrected chi connectivity index (χ3v) is 9.22. The largest absolute Gasteiger partial charge is 0.321 e. The van der Waals surface area contributed by atoms with E-state index in [0.29, 0.717) is 0 Å². The Bertz CT molecular complexity index is 2160. The quantitative estimate of drug-likeness (QED) is 0.206. The van der Waals surface area contributed by atoms with E-state index in [2.05, 4.69) is 169 Å². The van der Waals surface area contributed by atoms with Crippen LogP contribution in [-0.4, -0.2) is 16.2 Å². The van der Waals surface area contributed by atoms with Gasteiger partial charge in [0.05, 0.1) is 22.4 Å². The maximum Gasteiger partial charge on any atom is 0.137 e. The summed E-state index contributed by atoms with van der Waals surface area (Å²) >= 11 is 0. The van der Waals surface area contributed by atoms with E-state index in [1.807, 2.05) is 6.20 Å². The molecule has 0 radical (unpaired) electrons. The van der Waals surface area contributed by atoms with Crippen molar-refractivity contribution in [3.05, 3.63) is 156 Å². The molecule has 0 aliphatic carbocycles. The van der Waals surface area contributed by atoms with Gasteiger partial charge in [0.2, 0.25) is 0 Å². The van der Waals surface area contributed by atoms with Crippen LogP contribution in [0.25, 0.3) is 27.6 Å². The van der Waals surface area contributed by atoms with Crippen molar-refractivity contribution in [1.82, 2.24) is 9.55 Å². The highest BCUT2D eigenvalue weighted by molar-refractivity contribution is 6.09. The number of pyridine rings is 1. The molecule has 214 valence electrons. The van der Waals surface area contributed by atoms with E-state index in [9.17, 15) is 0 Å². The lowest BCUT2D eigenvalue weighted by Crippen LogP contribution is -2.25. The zero-order valence-corrected chi connectivity index (χ0v) is 25.3. The van der Waals surface area contributed by atoms with E-state index < -0.39 is 0 Å². The molecule has 0 unspecified atom stereocenters. The molecule has 7 aromatic rings. The van der Waals surface area contributed by atoms with Gasteiger partial charge < -0.3 is 9.80 Å². The van der Waals surface area contributed by atoms with Crippen LogP contribution in [0.3, 0.4) is 0 Å². The van der Waals surface area contributed by atoms with E-state index in [-0.39, 0.29) is 5.41 Å². The van der Waals surface area contributed by atoms with Crippen molar-refractivity contribution in [2.75, 3.05) is 16.5 Å². The number of aryl methyl sites for hydroxylation is 1. The summed E-state index contributed by atoms with van der Waals surface area (Å²) in [5.74, 6) is 0.948. The fourth-order valence-corrected chi connectivity index (χ4v) is 6.74. The van der Waals surface area contributed by atoms with E-state index >= 15 is 0 Å². The number of fused-ring (bicyclic) bond motifs is 4. The summed E-state index contributed by atoms with van der Waals surface area (Å²) in [7, 11) is 0. The first kappa shape index (κ1) is 26.3. The van der Waals surface area contributed by atoms with Crippen LogP contribution >= 0.6 is 0 Å². The lowest BCUT2D eigenvalue weighted by atomic mass is 9.77. The first-order valence-electron chi connectivity index (χ1n) is 15.3.